The summed E-state index contributed by atoms with van der Waals surface area (Å²) in [4.78, 5) is 2.51. The summed E-state index contributed by atoms with van der Waals surface area (Å²) in [6.45, 7) is 1.75. The molecule has 0 aromatic carbocycles. The van der Waals surface area contributed by atoms with Crippen molar-refractivity contribution in [2.45, 2.75) is 57.1 Å². The molecule has 0 aromatic heterocycles. The average molecular weight is 228 g/mol. The van der Waals surface area contributed by atoms with Gasteiger partial charge in [0.05, 0.1) is 6.10 Å². The van der Waals surface area contributed by atoms with Crippen molar-refractivity contribution < 1.29 is 4.74 Å². The van der Waals surface area contributed by atoms with Crippen molar-refractivity contribution >= 4 is 0 Å². The lowest BCUT2D eigenvalue weighted by molar-refractivity contribution is 0.0856. The highest BCUT2D eigenvalue weighted by molar-refractivity contribution is 4.73. The van der Waals surface area contributed by atoms with Crippen LogP contribution in [-0.2, 0) is 4.74 Å². The Kier molecular flexibility index (Phi) is 7.01. The van der Waals surface area contributed by atoms with Crippen molar-refractivity contribution in [3.8, 4) is 0 Å². The maximum Gasteiger partial charge on any atom is 0.0705 e. The molecule has 0 saturated heterocycles. The van der Waals surface area contributed by atoms with Gasteiger partial charge in [-0.1, -0.05) is 25.7 Å². The highest BCUT2D eigenvalue weighted by atomic mass is 16.5. The molecule has 1 atom stereocenters. The fourth-order valence-electron chi connectivity index (χ4n) is 2.56. The fraction of sp³-hybridized carbons (Fsp3) is 1.00. The Morgan fingerprint density at radius 2 is 1.88 bits per heavy atom. The zero-order valence-corrected chi connectivity index (χ0v) is 11.0. The Labute approximate surface area is 100 Å². The van der Waals surface area contributed by atoms with Crippen LogP contribution in [0.25, 0.3) is 0 Å². The Morgan fingerprint density at radius 1 is 1.25 bits per heavy atom. The van der Waals surface area contributed by atoms with Gasteiger partial charge in [0.2, 0.25) is 0 Å². The molecule has 0 bridgehead atoms. The number of hydrogen-bond acceptors (Lipinski definition) is 3. The van der Waals surface area contributed by atoms with Gasteiger partial charge in [-0.05, 0) is 26.3 Å². The Morgan fingerprint density at radius 3 is 2.38 bits per heavy atom. The van der Waals surface area contributed by atoms with E-state index in [9.17, 15) is 0 Å². The van der Waals surface area contributed by atoms with Crippen LogP contribution in [0.1, 0.15) is 44.9 Å². The monoisotopic (exact) mass is 228 g/mol. The van der Waals surface area contributed by atoms with Crippen LogP contribution in [-0.4, -0.2) is 44.3 Å². The van der Waals surface area contributed by atoms with E-state index in [4.69, 9.17) is 10.5 Å². The van der Waals surface area contributed by atoms with E-state index in [0.717, 1.165) is 19.0 Å². The number of nitrogens with zero attached hydrogens (tertiary/aromatic N) is 1. The molecule has 0 spiro atoms. The van der Waals surface area contributed by atoms with Crippen molar-refractivity contribution in [3.05, 3.63) is 0 Å². The van der Waals surface area contributed by atoms with Crippen molar-refractivity contribution in [3.63, 3.8) is 0 Å². The maximum atomic E-state index is 5.63. The molecule has 0 radical (unpaired) electrons. The van der Waals surface area contributed by atoms with Crippen LogP contribution in [0.15, 0.2) is 0 Å². The minimum absolute atomic E-state index is 0.230. The Bertz CT molecular complexity index is 163. The molecule has 1 saturated carbocycles. The van der Waals surface area contributed by atoms with E-state index in [0.29, 0.717) is 6.54 Å². The molecule has 3 heteroatoms. The predicted molar refractivity (Wildman–Crippen MR) is 68.6 cm³/mol. The molecule has 1 aliphatic carbocycles. The van der Waals surface area contributed by atoms with Gasteiger partial charge < -0.3 is 15.4 Å². The van der Waals surface area contributed by atoms with Gasteiger partial charge in [0.25, 0.3) is 0 Å². The van der Waals surface area contributed by atoms with Gasteiger partial charge in [0, 0.05) is 26.2 Å². The van der Waals surface area contributed by atoms with Crippen LogP contribution in [0, 0.1) is 0 Å². The zero-order valence-electron chi connectivity index (χ0n) is 11.0. The summed E-state index contributed by atoms with van der Waals surface area (Å²) in [5.41, 5.74) is 5.63. The molecular weight excluding hydrogens is 200 g/mol. The topological polar surface area (TPSA) is 38.5 Å². The lowest BCUT2D eigenvalue weighted by atomic mass is 10.1. The minimum Gasteiger partial charge on any atom is -0.380 e. The average Bonchev–Trinajstić information content (AvgIpc) is 2.58. The van der Waals surface area contributed by atoms with Crippen LogP contribution >= 0.6 is 0 Å². The first-order valence-electron chi connectivity index (χ1n) is 6.71. The quantitative estimate of drug-likeness (QED) is 0.707. The van der Waals surface area contributed by atoms with Crippen LogP contribution in [0.2, 0.25) is 0 Å². The van der Waals surface area contributed by atoms with Crippen LogP contribution < -0.4 is 5.73 Å². The normalized spacial score (nSPS) is 21.0. The molecule has 96 valence electrons. The number of hydrogen-bond donors (Lipinski definition) is 1. The minimum atomic E-state index is 0.230. The van der Waals surface area contributed by atoms with E-state index in [1.165, 1.54) is 38.5 Å². The molecule has 0 heterocycles. The second-order valence-corrected chi connectivity index (χ2v) is 5.01. The molecule has 1 rings (SSSR count). The first-order chi connectivity index (χ1) is 7.77. The summed E-state index contributed by atoms with van der Waals surface area (Å²) in [6, 6.07) is 0.790. The molecule has 2 N–H and O–H groups in total. The highest BCUT2D eigenvalue weighted by Crippen LogP contribution is 2.21. The molecular formula is C13H28N2O. The molecule has 0 aromatic rings. The van der Waals surface area contributed by atoms with Crippen LogP contribution in [0.4, 0.5) is 0 Å². The van der Waals surface area contributed by atoms with E-state index in [2.05, 4.69) is 11.9 Å². The standard InChI is InChI=1S/C13H28N2O/c1-15(10-9-13(11-14)16-2)12-7-5-3-4-6-8-12/h12-13H,3-11,14H2,1-2H3. The van der Waals surface area contributed by atoms with Crippen LogP contribution in [0.5, 0.6) is 0 Å². The van der Waals surface area contributed by atoms with E-state index in [-0.39, 0.29) is 6.10 Å². The third-order valence-corrected chi connectivity index (χ3v) is 3.85. The van der Waals surface area contributed by atoms with Crippen molar-refractivity contribution in [2.75, 3.05) is 27.2 Å². The Hall–Kier alpha value is -0.120. The van der Waals surface area contributed by atoms with E-state index >= 15 is 0 Å². The predicted octanol–water partition coefficient (Wildman–Crippen LogP) is 2.00. The molecule has 1 fully saturated rings. The second kappa shape index (κ2) is 8.04. The van der Waals surface area contributed by atoms with Crippen LogP contribution in [0.3, 0.4) is 0 Å². The summed E-state index contributed by atoms with van der Waals surface area (Å²) >= 11 is 0. The fourth-order valence-corrected chi connectivity index (χ4v) is 2.56. The largest absolute Gasteiger partial charge is 0.380 e. The van der Waals surface area contributed by atoms with Gasteiger partial charge in [-0.25, -0.2) is 0 Å². The van der Waals surface area contributed by atoms with E-state index in [1.54, 1.807) is 7.11 Å². The first-order valence-corrected chi connectivity index (χ1v) is 6.71. The molecule has 0 aliphatic heterocycles. The maximum absolute atomic E-state index is 5.63. The molecule has 16 heavy (non-hydrogen) atoms. The van der Waals surface area contributed by atoms with Gasteiger partial charge in [-0.2, -0.15) is 0 Å². The van der Waals surface area contributed by atoms with E-state index in [1.807, 2.05) is 0 Å². The van der Waals surface area contributed by atoms with Gasteiger partial charge >= 0.3 is 0 Å². The van der Waals surface area contributed by atoms with E-state index < -0.39 is 0 Å². The summed E-state index contributed by atoms with van der Waals surface area (Å²) in [6.07, 6.45) is 9.68. The lowest BCUT2D eigenvalue weighted by Crippen LogP contribution is -2.35. The lowest BCUT2D eigenvalue weighted by Gasteiger charge is -2.28. The third kappa shape index (κ3) is 4.81. The summed E-state index contributed by atoms with van der Waals surface area (Å²) in [5.74, 6) is 0. The second-order valence-electron chi connectivity index (χ2n) is 5.01. The summed E-state index contributed by atoms with van der Waals surface area (Å²) in [5, 5.41) is 0. The number of ether oxygens (including phenoxy) is 1. The van der Waals surface area contributed by atoms with Gasteiger partial charge in [-0.15, -0.1) is 0 Å². The molecule has 1 unspecified atom stereocenters. The molecule has 1 aliphatic rings. The molecule has 0 amide bonds. The SMILES string of the molecule is COC(CN)CCN(C)C1CCCCCC1. The first kappa shape index (κ1) is 13.9. The number of rotatable bonds is 6. The number of methoxy groups -OCH3 is 1. The highest BCUT2D eigenvalue weighted by Gasteiger charge is 2.17. The molecule has 3 nitrogen and oxygen atoms in total. The third-order valence-electron chi connectivity index (χ3n) is 3.85. The Balaban J connectivity index is 2.24. The van der Waals surface area contributed by atoms with Gasteiger partial charge in [0.15, 0.2) is 0 Å². The van der Waals surface area contributed by atoms with Crippen molar-refractivity contribution in [1.82, 2.24) is 4.90 Å². The summed E-state index contributed by atoms with van der Waals surface area (Å²) in [7, 11) is 4.00. The summed E-state index contributed by atoms with van der Waals surface area (Å²) < 4.78 is 5.31. The van der Waals surface area contributed by atoms with Crippen molar-refractivity contribution in [2.24, 2.45) is 5.73 Å². The zero-order chi connectivity index (χ0) is 11.8. The number of nitrogens with two attached hydrogens (primary N) is 1. The smallest absolute Gasteiger partial charge is 0.0705 e. The van der Waals surface area contributed by atoms with Crippen molar-refractivity contribution in [1.29, 1.82) is 0 Å². The van der Waals surface area contributed by atoms with Gasteiger partial charge in [0.1, 0.15) is 0 Å². The van der Waals surface area contributed by atoms with Gasteiger partial charge in [-0.3, -0.25) is 0 Å².